The molecule has 0 amide bonds. The van der Waals surface area contributed by atoms with Crippen molar-refractivity contribution in [3.05, 3.63) is 34.9 Å². The van der Waals surface area contributed by atoms with E-state index in [2.05, 4.69) is 0 Å². The molecule has 0 aliphatic carbocycles. The zero-order valence-electron chi connectivity index (χ0n) is 8.81. The van der Waals surface area contributed by atoms with Gasteiger partial charge in [0.15, 0.2) is 0 Å². The van der Waals surface area contributed by atoms with Crippen LogP contribution in [0.4, 0.5) is 26.3 Å². The molecule has 0 aliphatic heterocycles. The van der Waals surface area contributed by atoms with Crippen LogP contribution in [0.25, 0.3) is 0 Å². The average Bonchev–Trinajstić information content (AvgIpc) is 2.25. The van der Waals surface area contributed by atoms with Crippen LogP contribution in [0.3, 0.4) is 0 Å². The van der Waals surface area contributed by atoms with Crippen LogP contribution in [0.15, 0.2) is 18.2 Å². The van der Waals surface area contributed by atoms with Gasteiger partial charge >= 0.3 is 12.4 Å². The molecule has 0 heterocycles. The second-order valence-corrected chi connectivity index (χ2v) is 3.63. The van der Waals surface area contributed by atoms with Gasteiger partial charge in [0.1, 0.15) is 0 Å². The second kappa shape index (κ2) is 4.77. The number of halogens is 6. The van der Waals surface area contributed by atoms with Crippen molar-refractivity contribution in [3.8, 4) is 0 Å². The number of benzene rings is 1. The maximum atomic E-state index is 12.4. The number of nitrogens with two attached hydrogens (primary N) is 1. The standard InChI is InChI=1S/C10H9F6NO/c11-9(12,13)6-1-5(8(17)4-18)2-7(3-6)10(14,15)16/h1-3,8,18H,4,17H2. The van der Waals surface area contributed by atoms with Crippen LogP contribution in [-0.4, -0.2) is 11.7 Å². The predicted octanol–water partition coefficient (Wildman–Crippen LogP) is 2.72. The Morgan fingerprint density at radius 1 is 0.944 bits per heavy atom. The summed E-state index contributed by atoms with van der Waals surface area (Å²) in [5.41, 5.74) is 1.92. The summed E-state index contributed by atoms with van der Waals surface area (Å²) in [5, 5.41) is 8.69. The van der Waals surface area contributed by atoms with Gasteiger partial charge in [-0.1, -0.05) is 0 Å². The van der Waals surface area contributed by atoms with Crippen LogP contribution < -0.4 is 5.73 Å². The summed E-state index contributed by atoms with van der Waals surface area (Å²) in [5.74, 6) is 0. The zero-order valence-corrected chi connectivity index (χ0v) is 8.81. The normalized spacial score (nSPS) is 14.7. The molecule has 0 saturated heterocycles. The smallest absolute Gasteiger partial charge is 0.394 e. The molecule has 0 aromatic heterocycles. The largest absolute Gasteiger partial charge is 0.416 e. The van der Waals surface area contributed by atoms with E-state index in [0.29, 0.717) is 12.1 Å². The first kappa shape index (κ1) is 14.8. The fourth-order valence-electron chi connectivity index (χ4n) is 1.30. The molecule has 0 bridgehead atoms. The Bertz CT molecular complexity index is 393. The third-order valence-corrected chi connectivity index (χ3v) is 2.23. The first-order chi connectivity index (χ1) is 8.05. The third-order valence-electron chi connectivity index (χ3n) is 2.23. The van der Waals surface area contributed by atoms with E-state index in [1.165, 1.54) is 0 Å². The molecule has 3 N–H and O–H groups in total. The molecular weight excluding hydrogens is 264 g/mol. The summed E-state index contributed by atoms with van der Waals surface area (Å²) in [6.07, 6.45) is -9.82. The SMILES string of the molecule is NC(CO)c1cc(C(F)(F)F)cc(C(F)(F)F)c1. The minimum Gasteiger partial charge on any atom is -0.394 e. The average molecular weight is 273 g/mol. The van der Waals surface area contributed by atoms with E-state index in [1.54, 1.807) is 0 Å². The molecule has 0 fully saturated rings. The third kappa shape index (κ3) is 3.36. The fourth-order valence-corrected chi connectivity index (χ4v) is 1.30. The topological polar surface area (TPSA) is 46.2 Å². The molecule has 0 aliphatic rings. The Morgan fingerprint density at radius 2 is 1.33 bits per heavy atom. The molecule has 0 radical (unpaired) electrons. The van der Waals surface area contributed by atoms with Gasteiger partial charge in [0.2, 0.25) is 0 Å². The monoisotopic (exact) mass is 273 g/mol. The van der Waals surface area contributed by atoms with Gasteiger partial charge in [-0.15, -0.1) is 0 Å². The van der Waals surface area contributed by atoms with Crippen molar-refractivity contribution >= 4 is 0 Å². The lowest BCUT2D eigenvalue weighted by Crippen LogP contribution is -2.18. The number of aliphatic hydroxyl groups is 1. The van der Waals surface area contributed by atoms with Gasteiger partial charge in [0.25, 0.3) is 0 Å². The summed E-state index contributed by atoms with van der Waals surface area (Å²) in [6.45, 7) is -0.751. The van der Waals surface area contributed by atoms with Gasteiger partial charge in [-0.25, -0.2) is 0 Å². The highest BCUT2D eigenvalue weighted by Crippen LogP contribution is 2.37. The van der Waals surface area contributed by atoms with Gasteiger partial charge in [-0.05, 0) is 23.8 Å². The van der Waals surface area contributed by atoms with Crippen LogP contribution >= 0.6 is 0 Å². The Balaban J connectivity index is 3.39. The maximum Gasteiger partial charge on any atom is 0.416 e. The van der Waals surface area contributed by atoms with Crippen LogP contribution in [0.5, 0.6) is 0 Å². The van der Waals surface area contributed by atoms with Crippen LogP contribution in [0, 0.1) is 0 Å². The number of aliphatic hydroxyl groups excluding tert-OH is 1. The Morgan fingerprint density at radius 3 is 1.61 bits per heavy atom. The van der Waals surface area contributed by atoms with E-state index in [1.807, 2.05) is 0 Å². The predicted molar refractivity (Wildman–Crippen MR) is 50.5 cm³/mol. The summed E-state index contributed by atoms with van der Waals surface area (Å²) >= 11 is 0. The van der Waals surface area contributed by atoms with Gasteiger partial charge < -0.3 is 10.8 Å². The van der Waals surface area contributed by atoms with Crippen molar-refractivity contribution in [1.29, 1.82) is 0 Å². The lowest BCUT2D eigenvalue weighted by Gasteiger charge is -2.16. The number of hydrogen-bond acceptors (Lipinski definition) is 2. The molecule has 1 atom stereocenters. The minimum atomic E-state index is -4.91. The van der Waals surface area contributed by atoms with E-state index in [9.17, 15) is 26.3 Å². The molecule has 2 nitrogen and oxygen atoms in total. The molecule has 0 spiro atoms. The van der Waals surface area contributed by atoms with E-state index in [-0.39, 0.29) is 6.07 Å². The summed E-state index contributed by atoms with van der Waals surface area (Å²) in [4.78, 5) is 0. The quantitative estimate of drug-likeness (QED) is 0.814. The number of alkyl halides is 6. The summed E-state index contributed by atoms with van der Waals surface area (Å²) < 4.78 is 74.6. The number of hydrogen-bond donors (Lipinski definition) is 2. The molecular formula is C10H9F6NO. The number of rotatable bonds is 2. The molecule has 8 heteroatoms. The molecule has 1 unspecified atom stereocenters. The highest BCUT2D eigenvalue weighted by molar-refractivity contribution is 5.35. The van der Waals surface area contributed by atoms with Crippen molar-refractivity contribution in [1.82, 2.24) is 0 Å². The lowest BCUT2D eigenvalue weighted by atomic mass is 10.0. The second-order valence-electron chi connectivity index (χ2n) is 3.63. The highest BCUT2D eigenvalue weighted by Gasteiger charge is 2.37. The summed E-state index contributed by atoms with van der Waals surface area (Å²) in [6, 6.07) is -0.298. The fraction of sp³-hybridized carbons (Fsp3) is 0.400. The van der Waals surface area contributed by atoms with Crippen molar-refractivity contribution in [2.24, 2.45) is 5.73 Å². The Kier molecular flexibility index (Phi) is 3.92. The first-order valence-corrected chi connectivity index (χ1v) is 4.71. The van der Waals surface area contributed by atoms with Gasteiger partial charge in [0, 0.05) is 0 Å². The zero-order chi connectivity index (χ0) is 14.1. The summed E-state index contributed by atoms with van der Waals surface area (Å²) in [7, 11) is 0. The van der Waals surface area contributed by atoms with E-state index in [4.69, 9.17) is 10.8 Å². The molecule has 1 aromatic carbocycles. The Hall–Kier alpha value is -1.28. The Labute approximate surface area is 98.0 Å². The van der Waals surface area contributed by atoms with E-state index >= 15 is 0 Å². The molecule has 18 heavy (non-hydrogen) atoms. The van der Waals surface area contributed by atoms with E-state index < -0.39 is 41.7 Å². The van der Waals surface area contributed by atoms with Crippen molar-refractivity contribution in [3.63, 3.8) is 0 Å². The van der Waals surface area contributed by atoms with Crippen molar-refractivity contribution < 1.29 is 31.4 Å². The molecule has 0 saturated carbocycles. The van der Waals surface area contributed by atoms with Crippen LogP contribution in [0.2, 0.25) is 0 Å². The molecule has 1 aromatic rings. The van der Waals surface area contributed by atoms with Gasteiger partial charge in [0.05, 0.1) is 23.8 Å². The lowest BCUT2D eigenvalue weighted by molar-refractivity contribution is -0.143. The van der Waals surface area contributed by atoms with Crippen LogP contribution in [0.1, 0.15) is 22.7 Å². The van der Waals surface area contributed by atoms with Crippen LogP contribution in [-0.2, 0) is 12.4 Å². The van der Waals surface area contributed by atoms with Gasteiger partial charge in [-0.3, -0.25) is 0 Å². The van der Waals surface area contributed by atoms with Crippen molar-refractivity contribution in [2.75, 3.05) is 6.61 Å². The molecule has 102 valence electrons. The highest BCUT2D eigenvalue weighted by atomic mass is 19.4. The van der Waals surface area contributed by atoms with Crippen molar-refractivity contribution in [2.45, 2.75) is 18.4 Å². The first-order valence-electron chi connectivity index (χ1n) is 4.71. The van der Waals surface area contributed by atoms with Gasteiger partial charge in [-0.2, -0.15) is 26.3 Å². The van der Waals surface area contributed by atoms with E-state index in [0.717, 1.165) is 0 Å². The maximum absolute atomic E-state index is 12.4. The minimum absolute atomic E-state index is 0.00753. The molecule has 1 rings (SSSR count).